The first kappa shape index (κ1) is 21.3. The number of sulfonamides is 1. The van der Waals surface area contributed by atoms with E-state index in [1.807, 2.05) is 25.1 Å². The second-order valence-electron chi connectivity index (χ2n) is 6.62. The lowest BCUT2D eigenvalue weighted by molar-refractivity contribution is -0.134. The standard InChI is InChI=1S/C20H20BrN3O4S/c1-15-6-7-18(17(21)12-15)28-14-20(25)23-8-10-24(11-9-23)29(26,27)19-5-3-2-4-16(19)13-22/h2-7,12H,8-11,14H2,1H3. The van der Waals surface area contributed by atoms with Crippen LogP contribution in [0, 0.1) is 18.3 Å². The Balaban J connectivity index is 1.60. The van der Waals surface area contributed by atoms with Crippen LogP contribution in [0.5, 0.6) is 5.75 Å². The van der Waals surface area contributed by atoms with Crippen LogP contribution in [0.3, 0.4) is 0 Å². The molecule has 0 saturated carbocycles. The molecular formula is C20H20BrN3O4S. The fourth-order valence-electron chi connectivity index (χ4n) is 3.05. The summed E-state index contributed by atoms with van der Waals surface area (Å²) in [6, 6.07) is 13.6. The highest BCUT2D eigenvalue weighted by atomic mass is 79.9. The number of amides is 1. The number of halogens is 1. The average molecular weight is 478 g/mol. The minimum atomic E-state index is -3.78. The van der Waals surface area contributed by atoms with Crippen LogP contribution >= 0.6 is 15.9 Å². The van der Waals surface area contributed by atoms with Crippen molar-refractivity contribution in [1.82, 2.24) is 9.21 Å². The van der Waals surface area contributed by atoms with E-state index in [0.29, 0.717) is 5.75 Å². The van der Waals surface area contributed by atoms with Gasteiger partial charge in [0.05, 0.1) is 14.9 Å². The molecule has 3 rings (SSSR count). The molecule has 152 valence electrons. The number of piperazine rings is 1. The first-order chi connectivity index (χ1) is 13.8. The van der Waals surface area contributed by atoms with Gasteiger partial charge in [0.1, 0.15) is 11.8 Å². The molecule has 1 amide bonds. The molecule has 9 heteroatoms. The molecule has 1 aliphatic rings. The fourth-order valence-corrected chi connectivity index (χ4v) is 5.23. The normalized spacial score (nSPS) is 15.0. The minimum Gasteiger partial charge on any atom is -0.483 e. The van der Waals surface area contributed by atoms with Crippen molar-refractivity contribution < 1.29 is 17.9 Å². The number of ether oxygens (including phenoxy) is 1. The number of nitriles is 1. The first-order valence-electron chi connectivity index (χ1n) is 8.99. The molecule has 1 heterocycles. The third-order valence-electron chi connectivity index (χ3n) is 4.66. The smallest absolute Gasteiger partial charge is 0.260 e. The van der Waals surface area contributed by atoms with Crippen LogP contribution in [-0.2, 0) is 14.8 Å². The maximum absolute atomic E-state index is 12.9. The van der Waals surface area contributed by atoms with Crippen molar-refractivity contribution in [1.29, 1.82) is 5.26 Å². The minimum absolute atomic E-state index is 0.00479. The number of nitrogens with zero attached hydrogens (tertiary/aromatic N) is 3. The summed E-state index contributed by atoms with van der Waals surface area (Å²) in [7, 11) is -3.78. The SMILES string of the molecule is Cc1ccc(OCC(=O)N2CCN(S(=O)(=O)c3ccccc3C#N)CC2)c(Br)c1. The van der Waals surface area contributed by atoms with Gasteiger partial charge in [0.2, 0.25) is 10.0 Å². The highest BCUT2D eigenvalue weighted by Gasteiger charge is 2.31. The van der Waals surface area contributed by atoms with Gasteiger partial charge in [-0.1, -0.05) is 18.2 Å². The summed E-state index contributed by atoms with van der Waals surface area (Å²) in [5.41, 5.74) is 1.19. The Morgan fingerprint density at radius 3 is 2.52 bits per heavy atom. The molecule has 0 aliphatic carbocycles. The summed E-state index contributed by atoms with van der Waals surface area (Å²) in [5, 5.41) is 9.18. The Bertz CT molecular complexity index is 1060. The van der Waals surface area contributed by atoms with Crippen molar-refractivity contribution in [2.45, 2.75) is 11.8 Å². The molecule has 0 bridgehead atoms. The van der Waals surface area contributed by atoms with Crippen molar-refractivity contribution in [3.05, 3.63) is 58.1 Å². The predicted molar refractivity (Wildman–Crippen MR) is 111 cm³/mol. The predicted octanol–water partition coefficient (Wildman–Crippen LogP) is 2.54. The molecule has 1 saturated heterocycles. The van der Waals surface area contributed by atoms with Gasteiger partial charge < -0.3 is 9.64 Å². The molecule has 0 aromatic heterocycles. The van der Waals surface area contributed by atoms with Crippen LogP contribution in [0.2, 0.25) is 0 Å². The van der Waals surface area contributed by atoms with E-state index in [0.717, 1.165) is 10.0 Å². The molecule has 29 heavy (non-hydrogen) atoms. The van der Waals surface area contributed by atoms with Gasteiger partial charge in [0.25, 0.3) is 5.91 Å². The van der Waals surface area contributed by atoms with Crippen molar-refractivity contribution in [2.75, 3.05) is 32.8 Å². The second kappa shape index (κ2) is 8.95. The molecule has 0 spiro atoms. The summed E-state index contributed by atoms with van der Waals surface area (Å²) < 4.78 is 33.4. The maximum atomic E-state index is 12.9. The van der Waals surface area contributed by atoms with Crippen molar-refractivity contribution in [3.8, 4) is 11.8 Å². The van der Waals surface area contributed by atoms with Crippen molar-refractivity contribution in [3.63, 3.8) is 0 Å². The molecule has 1 aliphatic heterocycles. The third-order valence-corrected chi connectivity index (χ3v) is 7.23. The average Bonchev–Trinajstić information content (AvgIpc) is 2.73. The maximum Gasteiger partial charge on any atom is 0.260 e. The zero-order valence-electron chi connectivity index (χ0n) is 15.8. The van der Waals surface area contributed by atoms with E-state index in [4.69, 9.17) is 4.74 Å². The van der Waals surface area contributed by atoms with E-state index < -0.39 is 10.0 Å². The van der Waals surface area contributed by atoms with E-state index in [9.17, 15) is 18.5 Å². The lowest BCUT2D eigenvalue weighted by Crippen LogP contribution is -2.51. The summed E-state index contributed by atoms with van der Waals surface area (Å²) in [4.78, 5) is 14.0. The van der Waals surface area contributed by atoms with Crippen LogP contribution in [0.4, 0.5) is 0 Å². The lowest BCUT2D eigenvalue weighted by atomic mass is 10.2. The van der Waals surface area contributed by atoms with Crippen LogP contribution < -0.4 is 4.74 Å². The quantitative estimate of drug-likeness (QED) is 0.659. The number of hydrogen-bond donors (Lipinski definition) is 0. The highest BCUT2D eigenvalue weighted by Crippen LogP contribution is 2.26. The molecule has 0 atom stereocenters. The molecule has 0 unspecified atom stereocenters. The van der Waals surface area contributed by atoms with Gasteiger partial charge in [0.15, 0.2) is 6.61 Å². The Labute approximate surface area is 178 Å². The third kappa shape index (κ3) is 4.78. The van der Waals surface area contributed by atoms with Gasteiger partial charge in [-0.25, -0.2) is 8.42 Å². The molecule has 2 aromatic carbocycles. The summed E-state index contributed by atoms with van der Waals surface area (Å²) in [6.45, 7) is 2.72. The van der Waals surface area contributed by atoms with E-state index in [1.54, 1.807) is 23.1 Å². The topological polar surface area (TPSA) is 90.7 Å². The molecule has 0 radical (unpaired) electrons. The molecule has 2 aromatic rings. The Hall–Kier alpha value is -2.41. The summed E-state index contributed by atoms with van der Waals surface area (Å²) in [6.07, 6.45) is 0. The van der Waals surface area contributed by atoms with Crippen LogP contribution in [0.25, 0.3) is 0 Å². The number of carbonyl (C=O) groups excluding carboxylic acids is 1. The largest absolute Gasteiger partial charge is 0.483 e. The van der Waals surface area contributed by atoms with Gasteiger partial charge in [-0.2, -0.15) is 9.57 Å². The van der Waals surface area contributed by atoms with E-state index in [1.165, 1.54) is 16.4 Å². The fraction of sp³-hybridized carbons (Fsp3) is 0.300. The number of benzene rings is 2. The summed E-state index contributed by atoms with van der Waals surface area (Å²) in [5.74, 6) is 0.380. The number of carbonyl (C=O) groups is 1. The van der Waals surface area contributed by atoms with Gasteiger partial charge in [-0.05, 0) is 52.7 Å². The highest BCUT2D eigenvalue weighted by molar-refractivity contribution is 9.10. The van der Waals surface area contributed by atoms with E-state index >= 15 is 0 Å². The molecule has 1 fully saturated rings. The number of aryl methyl sites for hydroxylation is 1. The van der Waals surface area contributed by atoms with E-state index in [2.05, 4.69) is 15.9 Å². The van der Waals surface area contributed by atoms with Crippen molar-refractivity contribution in [2.24, 2.45) is 0 Å². The monoisotopic (exact) mass is 477 g/mol. The molecule has 0 N–H and O–H groups in total. The molecular weight excluding hydrogens is 458 g/mol. The van der Waals surface area contributed by atoms with E-state index in [-0.39, 0.29) is 49.2 Å². The van der Waals surface area contributed by atoms with Crippen LogP contribution in [0.15, 0.2) is 51.8 Å². The van der Waals surface area contributed by atoms with Gasteiger partial charge in [-0.15, -0.1) is 0 Å². The van der Waals surface area contributed by atoms with Gasteiger partial charge in [-0.3, -0.25) is 4.79 Å². The Morgan fingerprint density at radius 1 is 1.17 bits per heavy atom. The number of hydrogen-bond acceptors (Lipinski definition) is 5. The van der Waals surface area contributed by atoms with Gasteiger partial charge in [0, 0.05) is 26.2 Å². The van der Waals surface area contributed by atoms with Crippen molar-refractivity contribution >= 4 is 31.9 Å². The van der Waals surface area contributed by atoms with Gasteiger partial charge >= 0.3 is 0 Å². The zero-order valence-corrected chi connectivity index (χ0v) is 18.2. The Morgan fingerprint density at radius 2 is 1.86 bits per heavy atom. The molecule has 7 nitrogen and oxygen atoms in total. The first-order valence-corrected chi connectivity index (χ1v) is 11.2. The van der Waals surface area contributed by atoms with Crippen LogP contribution in [0.1, 0.15) is 11.1 Å². The van der Waals surface area contributed by atoms with Crippen LogP contribution in [-0.4, -0.2) is 56.3 Å². The lowest BCUT2D eigenvalue weighted by Gasteiger charge is -2.34. The second-order valence-corrected chi connectivity index (χ2v) is 9.38. The number of rotatable bonds is 5. The Kier molecular flexibility index (Phi) is 6.57. The zero-order chi connectivity index (χ0) is 21.0. The summed E-state index contributed by atoms with van der Waals surface area (Å²) >= 11 is 3.41.